The maximum Gasteiger partial charge on any atom is 0.196 e. The number of aryl methyl sites for hydroxylation is 1. The first kappa shape index (κ1) is 13.3. The molecule has 0 saturated heterocycles. The van der Waals surface area contributed by atoms with Crippen molar-refractivity contribution in [1.29, 1.82) is 5.26 Å². The number of hydrogen-bond acceptors (Lipinski definition) is 5. The standard InChI is InChI=1S/C16H12N4S/c1-11-6-2-3-7-12(11)19-20-14(10-17)16-18-13-8-4-5-9-15(13)21-16/h2-9,19H,1H3. The first-order valence-electron chi connectivity index (χ1n) is 6.43. The van der Waals surface area contributed by atoms with Gasteiger partial charge in [-0.15, -0.1) is 11.3 Å². The number of aromatic nitrogens is 1. The first-order valence-corrected chi connectivity index (χ1v) is 7.25. The highest BCUT2D eigenvalue weighted by atomic mass is 32.1. The molecule has 5 heteroatoms. The van der Waals surface area contributed by atoms with Gasteiger partial charge in [0, 0.05) is 0 Å². The predicted octanol–water partition coefficient (Wildman–Crippen LogP) is 3.94. The summed E-state index contributed by atoms with van der Waals surface area (Å²) < 4.78 is 1.05. The normalized spacial score (nSPS) is 11.3. The van der Waals surface area contributed by atoms with E-state index in [-0.39, 0.29) is 0 Å². The van der Waals surface area contributed by atoms with Crippen molar-refractivity contribution in [3.8, 4) is 6.07 Å². The van der Waals surface area contributed by atoms with E-state index in [1.807, 2.05) is 55.5 Å². The van der Waals surface area contributed by atoms with Crippen molar-refractivity contribution in [1.82, 2.24) is 4.98 Å². The van der Waals surface area contributed by atoms with Crippen LogP contribution in [0.5, 0.6) is 0 Å². The number of hydrogen-bond donors (Lipinski definition) is 1. The molecule has 0 amide bonds. The van der Waals surface area contributed by atoms with Gasteiger partial charge in [-0.1, -0.05) is 30.3 Å². The van der Waals surface area contributed by atoms with Crippen LogP contribution in [0.1, 0.15) is 10.6 Å². The fourth-order valence-electron chi connectivity index (χ4n) is 1.91. The van der Waals surface area contributed by atoms with E-state index in [4.69, 9.17) is 0 Å². The van der Waals surface area contributed by atoms with Gasteiger partial charge in [0.1, 0.15) is 6.07 Å². The highest BCUT2D eigenvalue weighted by molar-refractivity contribution is 7.20. The molecule has 0 unspecified atom stereocenters. The van der Waals surface area contributed by atoms with Gasteiger partial charge in [-0.25, -0.2) is 4.98 Å². The summed E-state index contributed by atoms with van der Waals surface area (Å²) in [5, 5.41) is 14.1. The summed E-state index contributed by atoms with van der Waals surface area (Å²) in [4.78, 5) is 4.44. The maximum atomic E-state index is 9.30. The molecule has 2 aromatic carbocycles. The van der Waals surface area contributed by atoms with Crippen LogP contribution < -0.4 is 5.43 Å². The van der Waals surface area contributed by atoms with E-state index in [0.29, 0.717) is 10.7 Å². The topological polar surface area (TPSA) is 61.1 Å². The van der Waals surface area contributed by atoms with E-state index in [1.165, 1.54) is 11.3 Å². The van der Waals surface area contributed by atoms with Crippen LogP contribution in [-0.4, -0.2) is 10.7 Å². The molecule has 0 bridgehead atoms. The largest absolute Gasteiger partial charge is 0.277 e. The molecule has 0 radical (unpaired) electrons. The fourth-order valence-corrected chi connectivity index (χ4v) is 2.81. The molecule has 102 valence electrons. The van der Waals surface area contributed by atoms with E-state index in [2.05, 4.69) is 21.6 Å². The van der Waals surface area contributed by atoms with Gasteiger partial charge in [-0.3, -0.25) is 5.43 Å². The monoisotopic (exact) mass is 292 g/mol. The molecule has 0 aliphatic rings. The number of nitrogens with one attached hydrogen (secondary N) is 1. The van der Waals surface area contributed by atoms with Crippen LogP contribution >= 0.6 is 11.3 Å². The van der Waals surface area contributed by atoms with Crippen molar-refractivity contribution < 1.29 is 0 Å². The zero-order valence-electron chi connectivity index (χ0n) is 11.4. The lowest BCUT2D eigenvalue weighted by Crippen LogP contribution is -2.01. The maximum absolute atomic E-state index is 9.30. The number of para-hydroxylation sites is 2. The Hall–Kier alpha value is -2.71. The van der Waals surface area contributed by atoms with Gasteiger partial charge in [-0.05, 0) is 30.7 Å². The molecule has 1 heterocycles. The van der Waals surface area contributed by atoms with Crippen LogP contribution in [0.4, 0.5) is 5.69 Å². The number of nitriles is 1. The van der Waals surface area contributed by atoms with Crippen molar-refractivity contribution in [2.45, 2.75) is 6.92 Å². The number of nitrogens with zero attached hydrogens (tertiary/aromatic N) is 3. The second-order valence-corrected chi connectivity index (χ2v) is 5.52. The smallest absolute Gasteiger partial charge is 0.196 e. The number of thiazole rings is 1. The van der Waals surface area contributed by atoms with E-state index < -0.39 is 0 Å². The molecule has 3 rings (SSSR count). The SMILES string of the molecule is Cc1ccccc1NN=C(C#N)c1nc2ccccc2s1. The predicted molar refractivity (Wildman–Crippen MR) is 86.6 cm³/mol. The van der Waals surface area contributed by atoms with Crippen molar-refractivity contribution in [3.63, 3.8) is 0 Å². The van der Waals surface area contributed by atoms with Gasteiger partial charge in [-0.2, -0.15) is 10.4 Å². The second kappa shape index (κ2) is 5.73. The van der Waals surface area contributed by atoms with Crippen molar-refractivity contribution in [2.24, 2.45) is 5.10 Å². The Morgan fingerprint density at radius 2 is 1.95 bits per heavy atom. The lowest BCUT2D eigenvalue weighted by Gasteiger charge is -2.03. The third-order valence-corrected chi connectivity index (χ3v) is 4.08. The molecule has 0 spiro atoms. The fraction of sp³-hybridized carbons (Fsp3) is 0.0625. The third kappa shape index (κ3) is 2.76. The molecule has 1 aromatic heterocycles. The summed E-state index contributed by atoms with van der Waals surface area (Å²) in [5.41, 5.74) is 6.07. The minimum atomic E-state index is 0.291. The number of rotatable bonds is 3. The summed E-state index contributed by atoms with van der Waals surface area (Å²) >= 11 is 1.46. The van der Waals surface area contributed by atoms with Gasteiger partial charge in [0.05, 0.1) is 15.9 Å². The van der Waals surface area contributed by atoms with Crippen LogP contribution in [0.25, 0.3) is 10.2 Å². The van der Waals surface area contributed by atoms with Gasteiger partial charge < -0.3 is 0 Å². The van der Waals surface area contributed by atoms with Crippen molar-refractivity contribution in [3.05, 3.63) is 59.1 Å². The van der Waals surface area contributed by atoms with Gasteiger partial charge in [0.2, 0.25) is 0 Å². The van der Waals surface area contributed by atoms with Crippen molar-refractivity contribution >= 4 is 33.0 Å². The summed E-state index contributed by atoms with van der Waals surface area (Å²) in [7, 11) is 0. The lowest BCUT2D eigenvalue weighted by atomic mass is 10.2. The van der Waals surface area contributed by atoms with Crippen LogP contribution in [0, 0.1) is 18.3 Å². The summed E-state index contributed by atoms with van der Waals surface area (Å²) in [5.74, 6) is 0. The first-order chi connectivity index (χ1) is 10.3. The molecule has 0 aliphatic carbocycles. The Balaban J connectivity index is 1.93. The zero-order valence-corrected chi connectivity index (χ0v) is 12.2. The zero-order chi connectivity index (χ0) is 14.7. The Labute approximate surface area is 126 Å². The molecule has 1 N–H and O–H groups in total. The van der Waals surface area contributed by atoms with Crippen LogP contribution in [-0.2, 0) is 0 Å². The second-order valence-electron chi connectivity index (χ2n) is 4.49. The Morgan fingerprint density at radius 3 is 2.71 bits per heavy atom. The molecular weight excluding hydrogens is 280 g/mol. The number of anilines is 1. The minimum Gasteiger partial charge on any atom is -0.277 e. The number of hydrazone groups is 1. The van der Waals surface area contributed by atoms with E-state index in [9.17, 15) is 5.26 Å². The summed E-state index contributed by atoms with van der Waals surface area (Å²) in [6.45, 7) is 1.99. The van der Waals surface area contributed by atoms with Crippen LogP contribution in [0.2, 0.25) is 0 Å². The minimum absolute atomic E-state index is 0.291. The molecule has 0 atom stereocenters. The molecule has 0 aliphatic heterocycles. The number of benzene rings is 2. The molecule has 3 aromatic rings. The Bertz CT molecular complexity index is 825. The van der Waals surface area contributed by atoms with Crippen molar-refractivity contribution in [2.75, 3.05) is 5.43 Å². The Morgan fingerprint density at radius 1 is 1.19 bits per heavy atom. The van der Waals surface area contributed by atoms with Crippen LogP contribution in [0.3, 0.4) is 0 Å². The van der Waals surface area contributed by atoms with Crippen LogP contribution in [0.15, 0.2) is 53.6 Å². The molecule has 21 heavy (non-hydrogen) atoms. The van der Waals surface area contributed by atoms with E-state index >= 15 is 0 Å². The van der Waals surface area contributed by atoms with Gasteiger partial charge in [0.15, 0.2) is 10.7 Å². The van der Waals surface area contributed by atoms with Gasteiger partial charge in [0.25, 0.3) is 0 Å². The highest BCUT2D eigenvalue weighted by Gasteiger charge is 2.10. The molecular formula is C16H12N4S. The highest BCUT2D eigenvalue weighted by Crippen LogP contribution is 2.22. The average Bonchev–Trinajstić information content (AvgIpc) is 2.93. The summed E-state index contributed by atoms with van der Waals surface area (Å²) in [6, 6.07) is 17.7. The molecule has 0 fully saturated rings. The average molecular weight is 292 g/mol. The summed E-state index contributed by atoms with van der Waals surface area (Å²) in [6.07, 6.45) is 0. The van der Waals surface area contributed by atoms with Gasteiger partial charge >= 0.3 is 0 Å². The third-order valence-electron chi connectivity index (χ3n) is 3.04. The van der Waals surface area contributed by atoms with E-state index in [1.54, 1.807) is 0 Å². The molecule has 4 nitrogen and oxygen atoms in total. The van der Waals surface area contributed by atoms with E-state index in [0.717, 1.165) is 21.5 Å². The lowest BCUT2D eigenvalue weighted by molar-refractivity contribution is 1.29. The quantitative estimate of drug-likeness (QED) is 0.587. The Kier molecular flexibility index (Phi) is 3.63. The molecule has 0 saturated carbocycles. The number of fused-ring (bicyclic) bond motifs is 1.